The summed E-state index contributed by atoms with van der Waals surface area (Å²) in [5.41, 5.74) is 1.19. The molecule has 0 saturated heterocycles. The number of para-hydroxylation sites is 1. The Morgan fingerprint density at radius 1 is 1.14 bits per heavy atom. The summed E-state index contributed by atoms with van der Waals surface area (Å²) < 4.78 is 33.2. The first-order chi connectivity index (χ1) is 10.1. The predicted molar refractivity (Wildman–Crippen MR) is 75.2 cm³/mol. The van der Waals surface area contributed by atoms with Gasteiger partial charge in [-0.2, -0.15) is 0 Å². The van der Waals surface area contributed by atoms with E-state index in [1.165, 1.54) is 19.1 Å². The lowest BCUT2D eigenvalue weighted by Gasteiger charge is -2.29. The third-order valence-electron chi connectivity index (χ3n) is 3.98. The maximum Gasteiger partial charge on any atom is 0.164 e. The molecule has 0 spiro atoms. The Morgan fingerprint density at radius 3 is 2.71 bits per heavy atom. The highest BCUT2D eigenvalue weighted by Gasteiger charge is 2.29. The van der Waals surface area contributed by atoms with Gasteiger partial charge < -0.3 is 9.84 Å². The summed E-state index contributed by atoms with van der Waals surface area (Å²) in [6, 6.07) is 10.5. The van der Waals surface area contributed by atoms with E-state index < -0.39 is 17.7 Å². The van der Waals surface area contributed by atoms with E-state index >= 15 is 0 Å². The third-order valence-corrected chi connectivity index (χ3v) is 3.98. The molecule has 21 heavy (non-hydrogen) atoms. The van der Waals surface area contributed by atoms with Gasteiger partial charge in [0.1, 0.15) is 5.75 Å². The van der Waals surface area contributed by atoms with E-state index in [-0.39, 0.29) is 23.7 Å². The normalized spacial score (nSPS) is 18.8. The van der Waals surface area contributed by atoms with E-state index in [9.17, 15) is 13.9 Å². The van der Waals surface area contributed by atoms with Crippen molar-refractivity contribution in [3.63, 3.8) is 0 Å². The highest BCUT2D eigenvalue weighted by molar-refractivity contribution is 5.36. The van der Waals surface area contributed by atoms with Crippen LogP contribution in [-0.4, -0.2) is 11.7 Å². The second kappa shape index (κ2) is 5.45. The predicted octanol–water partition coefficient (Wildman–Crippen LogP) is 3.56. The monoisotopic (exact) mass is 290 g/mol. The minimum Gasteiger partial charge on any atom is -0.493 e. The lowest BCUT2D eigenvalue weighted by molar-refractivity contribution is 0.0613. The average Bonchev–Trinajstić information content (AvgIpc) is 2.52. The number of rotatable bonds is 2. The summed E-state index contributed by atoms with van der Waals surface area (Å²) in [4.78, 5) is 0. The van der Waals surface area contributed by atoms with Crippen molar-refractivity contribution >= 4 is 0 Å². The van der Waals surface area contributed by atoms with E-state index in [0.717, 1.165) is 11.3 Å². The van der Waals surface area contributed by atoms with Gasteiger partial charge in [0, 0.05) is 11.5 Å². The van der Waals surface area contributed by atoms with Gasteiger partial charge in [-0.05, 0) is 30.5 Å². The van der Waals surface area contributed by atoms with Crippen LogP contribution in [0.5, 0.6) is 5.75 Å². The molecule has 4 heteroatoms. The molecule has 110 valence electrons. The molecule has 1 N–H and O–H groups in total. The number of aryl methyl sites for hydroxylation is 1. The topological polar surface area (TPSA) is 29.5 Å². The second-order valence-corrected chi connectivity index (χ2v) is 5.43. The van der Waals surface area contributed by atoms with Crippen LogP contribution in [0.3, 0.4) is 0 Å². The molecule has 0 amide bonds. The van der Waals surface area contributed by atoms with Crippen LogP contribution in [-0.2, 0) is 6.42 Å². The molecule has 3 rings (SSSR count). The first-order valence-corrected chi connectivity index (χ1v) is 6.91. The summed E-state index contributed by atoms with van der Waals surface area (Å²) in [6.07, 6.45) is -0.514. The molecule has 1 heterocycles. The molecule has 0 aromatic heterocycles. The molecule has 1 aliphatic rings. The highest BCUT2D eigenvalue weighted by Crippen LogP contribution is 2.35. The van der Waals surface area contributed by atoms with Crippen molar-refractivity contribution in [2.75, 3.05) is 6.61 Å². The molecule has 2 aromatic carbocycles. The zero-order chi connectivity index (χ0) is 15.0. The van der Waals surface area contributed by atoms with Gasteiger partial charge in [-0.25, -0.2) is 8.78 Å². The lowest BCUT2D eigenvalue weighted by Crippen LogP contribution is -2.27. The van der Waals surface area contributed by atoms with Gasteiger partial charge in [0.05, 0.1) is 12.7 Å². The number of halogens is 2. The maximum atomic E-state index is 14.0. The Balaban J connectivity index is 1.87. The fraction of sp³-hybridized carbons (Fsp3) is 0.294. The number of aliphatic hydroxyl groups is 1. The van der Waals surface area contributed by atoms with Gasteiger partial charge in [0.15, 0.2) is 11.6 Å². The number of hydrogen-bond acceptors (Lipinski definition) is 2. The smallest absolute Gasteiger partial charge is 0.164 e. The van der Waals surface area contributed by atoms with Gasteiger partial charge in [-0.15, -0.1) is 0 Å². The second-order valence-electron chi connectivity index (χ2n) is 5.43. The van der Waals surface area contributed by atoms with Crippen molar-refractivity contribution in [1.82, 2.24) is 0 Å². The van der Waals surface area contributed by atoms with Crippen LogP contribution in [0.15, 0.2) is 36.4 Å². The molecule has 2 unspecified atom stereocenters. The molecule has 0 fully saturated rings. The van der Waals surface area contributed by atoms with Gasteiger partial charge in [0.2, 0.25) is 0 Å². The molecule has 1 aliphatic heterocycles. The number of benzene rings is 2. The summed E-state index contributed by atoms with van der Waals surface area (Å²) in [5, 5.41) is 10.4. The van der Waals surface area contributed by atoms with Gasteiger partial charge in [0.25, 0.3) is 0 Å². The van der Waals surface area contributed by atoms with Crippen LogP contribution < -0.4 is 4.74 Å². The van der Waals surface area contributed by atoms with Crippen molar-refractivity contribution in [2.45, 2.75) is 19.4 Å². The Labute approximate surface area is 122 Å². The average molecular weight is 290 g/mol. The number of aliphatic hydroxyl groups excluding tert-OH is 1. The van der Waals surface area contributed by atoms with Gasteiger partial charge in [-0.1, -0.05) is 30.3 Å². The van der Waals surface area contributed by atoms with Crippen molar-refractivity contribution in [3.05, 3.63) is 64.7 Å². The molecule has 0 radical (unpaired) electrons. The Bertz CT molecular complexity index is 670. The number of hydrogen-bond donors (Lipinski definition) is 1. The zero-order valence-electron chi connectivity index (χ0n) is 11.6. The molecular weight excluding hydrogens is 274 g/mol. The lowest BCUT2D eigenvalue weighted by atomic mass is 9.88. The summed E-state index contributed by atoms with van der Waals surface area (Å²) in [6.45, 7) is 1.78. The van der Waals surface area contributed by atoms with Gasteiger partial charge in [-0.3, -0.25) is 0 Å². The van der Waals surface area contributed by atoms with Crippen LogP contribution >= 0.6 is 0 Å². The van der Waals surface area contributed by atoms with Crippen LogP contribution in [0, 0.1) is 24.5 Å². The minimum absolute atomic E-state index is 0.00826. The molecule has 0 bridgehead atoms. The van der Waals surface area contributed by atoms with Crippen LogP contribution in [0.4, 0.5) is 8.78 Å². The van der Waals surface area contributed by atoms with Crippen LogP contribution in [0.1, 0.15) is 22.8 Å². The van der Waals surface area contributed by atoms with Crippen LogP contribution in [0.25, 0.3) is 0 Å². The third kappa shape index (κ3) is 2.51. The van der Waals surface area contributed by atoms with E-state index in [4.69, 9.17) is 4.74 Å². The Kier molecular flexibility index (Phi) is 3.64. The first kappa shape index (κ1) is 14.0. The number of fused-ring (bicyclic) bond motifs is 1. The summed E-state index contributed by atoms with van der Waals surface area (Å²) in [7, 11) is 0. The van der Waals surface area contributed by atoms with E-state index in [1.54, 1.807) is 0 Å². The van der Waals surface area contributed by atoms with E-state index in [0.29, 0.717) is 6.42 Å². The fourth-order valence-electron chi connectivity index (χ4n) is 2.70. The Hall–Kier alpha value is -1.94. The van der Waals surface area contributed by atoms with Gasteiger partial charge >= 0.3 is 0 Å². The molecule has 0 aliphatic carbocycles. The van der Waals surface area contributed by atoms with E-state index in [1.807, 2.05) is 24.3 Å². The summed E-state index contributed by atoms with van der Waals surface area (Å²) >= 11 is 0. The molecule has 2 nitrogen and oxygen atoms in total. The van der Waals surface area contributed by atoms with Crippen molar-refractivity contribution in [3.8, 4) is 5.75 Å². The first-order valence-electron chi connectivity index (χ1n) is 6.91. The molecule has 0 saturated carbocycles. The maximum absolute atomic E-state index is 14.0. The highest BCUT2D eigenvalue weighted by atomic mass is 19.2. The van der Waals surface area contributed by atoms with Crippen LogP contribution in [0.2, 0.25) is 0 Å². The van der Waals surface area contributed by atoms with E-state index in [2.05, 4.69) is 0 Å². The van der Waals surface area contributed by atoms with Crippen molar-refractivity contribution in [1.29, 1.82) is 0 Å². The SMILES string of the molecule is Cc1ccc(C(O)C2COc3ccccc3C2)c(F)c1F. The fourth-order valence-corrected chi connectivity index (χ4v) is 2.70. The zero-order valence-corrected chi connectivity index (χ0v) is 11.6. The molecule has 2 aromatic rings. The summed E-state index contributed by atoms with van der Waals surface area (Å²) in [5.74, 6) is -1.38. The quantitative estimate of drug-likeness (QED) is 0.916. The largest absolute Gasteiger partial charge is 0.493 e. The molecule has 2 atom stereocenters. The standard InChI is InChI=1S/C17H16F2O2/c1-10-6-7-13(16(19)15(10)18)17(20)12-8-11-4-2-3-5-14(11)21-9-12/h2-7,12,17,20H,8-9H2,1H3. The van der Waals surface area contributed by atoms with Crippen molar-refractivity contribution in [2.24, 2.45) is 5.92 Å². The molecular formula is C17H16F2O2. The Morgan fingerprint density at radius 2 is 1.90 bits per heavy atom. The number of ether oxygens (including phenoxy) is 1. The minimum atomic E-state index is -1.09. The van der Waals surface area contributed by atoms with Crippen molar-refractivity contribution < 1.29 is 18.6 Å².